The Morgan fingerprint density at radius 3 is 1.94 bits per heavy atom. The van der Waals surface area contributed by atoms with Crippen molar-refractivity contribution < 1.29 is 23.9 Å². The molecule has 5 aromatic rings. The maximum Gasteiger partial charge on any atom is 0.410 e. The van der Waals surface area contributed by atoms with Crippen molar-refractivity contribution in [2.24, 2.45) is 0 Å². The molecule has 2 amide bonds. The van der Waals surface area contributed by atoms with Crippen molar-refractivity contribution in [3.8, 4) is 12.3 Å². The molecule has 260 valence electrons. The number of benzene rings is 5. The van der Waals surface area contributed by atoms with E-state index in [1.54, 1.807) is 4.90 Å². The van der Waals surface area contributed by atoms with Crippen LogP contribution in [0, 0.1) is 12.3 Å². The topological polar surface area (TPSA) is 84.9 Å². The van der Waals surface area contributed by atoms with Crippen molar-refractivity contribution >= 4 is 28.7 Å². The van der Waals surface area contributed by atoms with E-state index in [0.717, 1.165) is 33.0 Å². The van der Waals surface area contributed by atoms with Crippen molar-refractivity contribution in [2.75, 3.05) is 0 Å². The average molecular weight is 681 g/mol. The molecule has 0 bridgehead atoms. The molecule has 0 aliphatic rings. The Morgan fingerprint density at radius 2 is 1.29 bits per heavy atom. The molecule has 7 heteroatoms. The van der Waals surface area contributed by atoms with Crippen molar-refractivity contribution in [1.29, 1.82) is 0 Å². The van der Waals surface area contributed by atoms with Crippen LogP contribution < -0.4 is 5.32 Å². The molecule has 0 heterocycles. The van der Waals surface area contributed by atoms with Gasteiger partial charge in [0.25, 0.3) is 0 Å². The summed E-state index contributed by atoms with van der Waals surface area (Å²) < 4.78 is 11.6. The van der Waals surface area contributed by atoms with Crippen molar-refractivity contribution in [3.63, 3.8) is 0 Å². The summed E-state index contributed by atoms with van der Waals surface area (Å²) in [5.41, 5.74) is 3.50. The van der Waals surface area contributed by atoms with Crippen LogP contribution in [0.3, 0.4) is 0 Å². The lowest BCUT2D eigenvalue weighted by molar-refractivity contribution is -0.149. The number of carbonyl (C=O) groups is 3. The van der Waals surface area contributed by atoms with Crippen LogP contribution in [0.25, 0.3) is 10.8 Å². The third-order valence-electron chi connectivity index (χ3n) is 8.91. The van der Waals surface area contributed by atoms with Crippen LogP contribution in [0.1, 0.15) is 60.9 Å². The van der Waals surface area contributed by atoms with Gasteiger partial charge in [0, 0.05) is 25.3 Å². The van der Waals surface area contributed by atoms with Gasteiger partial charge in [0.05, 0.1) is 6.04 Å². The van der Waals surface area contributed by atoms with Gasteiger partial charge < -0.3 is 14.8 Å². The van der Waals surface area contributed by atoms with Gasteiger partial charge >= 0.3 is 12.1 Å². The highest BCUT2D eigenvalue weighted by Gasteiger charge is 2.34. The highest BCUT2D eigenvalue weighted by Crippen LogP contribution is 2.32. The van der Waals surface area contributed by atoms with Crippen molar-refractivity contribution in [3.05, 3.63) is 156 Å². The van der Waals surface area contributed by atoms with E-state index in [1.165, 1.54) is 0 Å². The van der Waals surface area contributed by atoms with E-state index in [9.17, 15) is 14.4 Å². The number of fused-ring (bicyclic) bond motifs is 1. The second kappa shape index (κ2) is 18.8. The summed E-state index contributed by atoms with van der Waals surface area (Å²) in [4.78, 5) is 43.3. The summed E-state index contributed by atoms with van der Waals surface area (Å²) in [5, 5.41) is 4.99. The van der Waals surface area contributed by atoms with Crippen LogP contribution in [0.4, 0.5) is 4.79 Å². The molecule has 5 aromatic carbocycles. The third-order valence-corrected chi connectivity index (χ3v) is 8.91. The van der Waals surface area contributed by atoms with Gasteiger partial charge in [-0.3, -0.25) is 9.69 Å². The van der Waals surface area contributed by atoms with Crippen LogP contribution >= 0.6 is 0 Å². The third kappa shape index (κ3) is 10.6. The summed E-state index contributed by atoms with van der Waals surface area (Å²) >= 11 is 0. The fraction of sp³-hybridized carbons (Fsp3) is 0.250. The molecule has 0 radical (unpaired) electrons. The minimum Gasteiger partial charge on any atom is -0.459 e. The van der Waals surface area contributed by atoms with E-state index in [2.05, 4.69) is 11.2 Å². The number of unbranched alkanes of at least 4 members (excludes halogenated alkanes) is 1. The number of esters is 1. The highest BCUT2D eigenvalue weighted by molar-refractivity contribution is 5.87. The van der Waals surface area contributed by atoms with Crippen LogP contribution in [0.2, 0.25) is 0 Å². The molecule has 0 aromatic heterocycles. The summed E-state index contributed by atoms with van der Waals surface area (Å²) in [5.74, 6) is 1.76. The Kier molecular flexibility index (Phi) is 13.4. The zero-order valence-corrected chi connectivity index (χ0v) is 28.9. The molecule has 0 aliphatic heterocycles. The summed E-state index contributed by atoms with van der Waals surface area (Å²) in [6.45, 7) is 2.12. The van der Waals surface area contributed by atoms with Gasteiger partial charge in [-0.1, -0.05) is 133 Å². The van der Waals surface area contributed by atoms with Gasteiger partial charge in [-0.05, 0) is 52.8 Å². The van der Waals surface area contributed by atoms with Gasteiger partial charge in [0.15, 0.2) is 0 Å². The van der Waals surface area contributed by atoms with Crippen molar-refractivity contribution in [1.82, 2.24) is 10.2 Å². The van der Waals surface area contributed by atoms with Gasteiger partial charge in [0.1, 0.15) is 19.3 Å². The van der Waals surface area contributed by atoms with Gasteiger partial charge in [-0.25, -0.2) is 9.59 Å². The number of hydrogen-bond donors (Lipinski definition) is 1. The first-order valence-electron chi connectivity index (χ1n) is 17.4. The van der Waals surface area contributed by atoms with E-state index < -0.39 is 30.2 Å². The zero-order valence-electron chi connectivity index (χ0n) is 28.9. The molecule has 51 heavy (non-hydrogen) atoms. The predicted octanol–water partition coefficient (Wildman–Crippen LogP) is 8.57. The number of hydrogen-bond acceptors (Lipinski definition) is 5. The Hall–Kier alpha value is -5.87. The van der Waals surface area contributed by atoms with E-state index >= 15 is 0 Å². The van der Waals surface area contributed by atoms with Crippen LogP contribution in [-0.2, 0) is 38.7 Å². The Morgan fingerprint density at radius 1 is 0.725 bits per heavy atom. The number of ether oxygens (including phenoxy) is 2. The molecule has 0 aliphatic carbocycles. The second-order valence-electron chi connectivity index (χ2n) is 12.5. The largest absolute Gasteiger partial charge is 0.459 e. The minimum absolute atomic E-state index is 0.0721. The number of nitrogens with zero attached hydrogens (tertiary/aromatic N) is 1. The number of amides is 2. The first kappa shape index (κ1) is 36.4. The Labute approximate surface area is 300 Å². The highest BCUT2D eigenvalue weighted by atomic mass is 16.6. The van der Waals surface area contributed by atoms with Crippen LogP contribution in [0.15, 0.2) is 133 Å². The molecule has 0 fully saturated rings. The van der Waals surface area contributed by atoms with E-state index in [0.29, 0.717) is 19.3 Å². The predicted molar refractivity (Wildman–Crippen MR) is 200 cm³/mol. The molecule has 0 spiro atoms. The standard InChI is InChI=1S/C44H44N2O5/c1-3-4-8-26-38(30-42(47)45-41(29-34-18-9-5-10-19-34)43(48)50-31-35-20-11-6-12-21-35)46(44(49)51-32-36-22-13-7-14-23-36)33(2)39-28-17-25-37-24-15-16-27-40(37)39/h1,5-7,9-25,27-28,33,38,41H,4,8,26,29-32H2,2H3,(H,45,47)/t33-,38-,41-/m0/s1. The number of rotatable bonds is 16. The van der Waals surface area contributed by atoms with Crippen LogP contribution in [0.5, 0.6) is 0 Å². The minimum atomic E-state index is -0.941. The maximum absolute atomic E-state index is 14.2. The molecule has 7 nitrogen and oxygen atoms in total. The molecule has 5 rings (SSSR count). The fourth-order valence-electron chi connectivity index (χ4n) is 6.30. The molecule has 3 atom stereocenters. The van der Waals surface area contributed by atoms with Crippen molar-refractivity contribution in [2.45, 2.75) is 70.4 Å². The van der Waals surface area contributed by atoms with Gasteiger partial charge in [-0.15, -0.1) is 12.3 Å². The van der Waals surface area contributed by atoms with E-state index in [4.69, 9.17) is 15.9 Å². The molecular weight excluding hydrogens is 636 g/mol. The molecule has 0 saturated heterocycles. The molecule has 0 saturated carbocycles. The van der Waals surface area contributed by atoms with Gasteiger partial charge in [-0.2, -0.15) is 0 Å². The SMILES string of the molecule is C#CCCC[C@@H](CC(=O)N[C@@H](Cc1ccccc1)C(=O)OCc1ccccc1)N(C(=O)OCc1ccccc1)[C@@H](C)c1cccc2ccccc12. The summed E-state index contributed by atoms with van der Waals surface area (Å²) in [6.07, 6.45) is 6.79. The van der Waals surface area contributed by atoms with E-state index in [-0.39, 0.29) is 32.0 Å². The quantitative estimate of drug-likeness (QED) is 0.0641. The monoisotopic (exact) mass is 680 g/mol. The Bertz CT molecular complexity index is 1900. The molecular formula is C44H44N2O5. The maximum atomic E-state index is 14.2. The smallest absolute Gasteiger partial charge is 0.410 e. The summed E-state index contributed by atoms with van der Waals surface area (Å²) in [7, 11) is 0. The van der Waals surface area contributed by atoms with E-state index in [1.807, 2.05) is 140 Å². The average Bonchev–Trinajstić information content (AvgIpc) is 3.17. The van der Waals surface area contributed by atoms with Crippen LogP contribution in [-0.4, -0.2) is 35.0 Å². The second-order valence-corrected chi connectivity index (χ2v) is 12.5. The van der Waals surface area contributed by atoms with Gasteiger partial charge in [0.2, 0.25) is 5.91 Å². The fourth-order valence-corrected chi connectivity index (χ4v) is 6.30. The first-order chi connectivity index (χ1) is 24.9. The normalized spacial score (nSPS) is 12.5. The molecule has 1 N–H and O–H groups in total. The number of nitrogens with one attached hydrogen (secondary N) is 1. The molecule has 0 unspecified atom stereocenters. The number of terminal acetylenes is 1. The lowest BCUT2D eigenvalue weighted by atomic mass is 9.95. The number of carbonyl (C=O) groups excluding carboxylic acids is 3. The first-order valence-corrected chi connectivity index (χ1v) is 17.4. The lowest BCUT2D eigenvalue weighted by Crippen LogP contribution is -2.48. The summed E-state index contributed by atoms with van der Waals surface area (Å²) in [6, 6.07) is 40.4. The zero-order chi connectivity index (χ0) is 35.8. The lowest BCUT2D eigenvalue weighted by Gasteiger charge is -2.36. The Balaban J connectivity index is 1.42.